The first kappa shape index (κ1) is 22.6. The molecular weight excluding hydrogens is 492 g/mol. The number of nitrogens with one attached hydrogen (secondary N) is 2. The minimum Gasteiger partial charge on any atom is -0.342 e. The molecule has 5 aromatic rings. The van der Waals surface area contributed by atoms with Crippen molar-refractivity contribution in [1.82, 2.24) is 25.1 Å². The number of aromatic amines is 1. The first-order valence-corrected chi connectivity index (χ1v) is 13.2. The van der Waals surface area contributed by atoms with Crippen LogP contribution in [0.3, 0.4) is 0 Å². The van der Waals surface area contributed by atoms with Crippen molar-refractivity contribution < 1.29 is 9.59 Å². The first-order valence-electron chi connectivity index (χ1n) is 11.4. The highest BCUT2D eigenvalue weighted by Gasteiger charge is 2.32. The standard InChI is InChI=1S/C26H22N6O2S2/c1-31-20-9-5-8-18-21(36-17-6-3-2-4-7-17)14-32(23(18)20)13-19(26(31)34)27-25(33)24-28-22(29-30-24)12-16-10-11-35-15-16/h2-11,14-15,19H,12-13H2,1H3,(H,27,33)(H,28,29,30)/t19-/m0/s1. The van der Waals surface area contributed by atoms with Crippen molar-refractivity contribution in [2.45, 2.75) is 28.8 Å². The number of para-hydroxylation sites is 1. The number of nitrogens with zero attached hydrogens (tertiary/aromatic N) is 4. The third kappa shape index (κ3) is 4.18. The largest absolute Gasteiger partial charge is 0.342 e. The quantitative estimate of drug-likeness (QED) is 0.352. The Morgan fingerprint density at radius 2 is 2.06 bits per heavy atom. The molecule has 6 rings (SSSR count). The molecule has 2 aromatic carbocycles. The molecule has 2 N–H and O–H groups in total. The predicted octanol–water partition coefficient (Wildman–Crippen LogP) is 4.34. The number of anilines is 1. The summed E-state index contributed by atoms with van der Waals surface area (Å²) in [6.07, 6.45) is 2.62. The van der Waals surface area contributed by atoms with E-state index in [0.717, 1.165) is 31.9 Å². The molecule has 0 bridgehead atoms. The highest BCUT2D eigenvalue weighted by molar-refractivity contribution is 7.99. The average molecular weight is 515 g/mol. The summed E-state index contributed by atoms with van der Waals surface area (Å²) < 4.78 is 2.06. The van der Waals surface area contributed by atoms with Gasteiger partial charge < -0.3 is 14.8 Å². The summed E-state index contributed by atoms with van der Waals surface area (Å²) in [4.78, 5) is 34.6. The Morgan fingerprint density at radius 3 is 2.86 bits per heavy atom. The van der Waals surface area contributed by atoms with Gasteiger partial charge >= 0.3 is 0 Å². The Morgan fingerprint density at radius 1 is 1.19 bits per heavy atom. The highest BCUT2D eigenvalue weighted by Crippen LogP contribution is 2.39. The van der Waals surface area contributed by atoms with E-state index in [1.807, 2.05) is 47.2 Å². The number of carbonyl (C=O) groups excluding carboxylic acids is 2. The predicted molar refractivity (Wildman–Crippen MR) is 141 cm³/mol. The zero-order valence-electron chi connectivity index (χ0n) is 19.3. The molecule has 3 aromatic heterocycles. The Bertz CT molecular complexity index is 1560. The van der Waals surface area contributed by atoms with Crippen molar-refractivity contribution in [2.24, 2.45) is 0 Å². The van der Waals surface area contributed by atoms with Gasteiger partial charge in [0.25, 0.3) is 11.8 Å². The Balaban J connectivity index is 1.27. The maximum absolute atomic E-state index is 13.4. The summed E-state index contributed by atoms with van der Waals surface area (Å²) in [7, 11) is 1.74. The molecule has 0 radical (unpaired) electrons. The van der Waals surface area contributed by atoms with E-state index in [-0.39, 0.29) is 11.7 Å². The van der Waals surface area contributed by atoms with E-state index in [4.69, 9.17) is 0 Å². The third-order valence-electron chi connectivity index (χ3n) is 6.17. The number of carbonyl (C=O) groups is 2. The van der Waals surface area contributed by atoms with Gasteiger partial charge in [0, 0.05) is 34.8 Å². The Kier molecular flexibility index (Phi) is 5.82. The number of amides is 2. The van der Waals surface area contributed by atoms with Crippen molar-refractivity contribution in [2.75, 3.05) is 11.9 Å². The number of rotatable bonds is 6. The van der Waals surface area contributed by atoms with Gasteiger partial charge in [-0.2, -0.15) is 11.3 Å². The van der Waals surface area contributed by atoms with Crippen LogP contribution in [0.15, 0.2) is 81.3 Å². The molecule has 0 unspecified atom stereocenters. The van der Waals surface area contributed by atoms with E-state index in [1.54, 1.807) is 35.0 Å². The highest BCUT2D eigenvalue weighted by atomic mass is 32.2. The Hall–Kier alpha value is -3.89. The van der Waals surface area contributed by atoms with Gasteiger partial charge in [-0.15, -0.1) is 5.10 Å². The van der Waals surface area contributed by atoms with Gasteiger partial charge in [-0.1, -0.05) is 42.1 Å². The number of thiophene rings is 1. The molecule has 0 saturated heterocycles. The van der Waals surface area contributed by atoms with E-state index in [2.05, 4.69) is 49.5 Å². The second-order valence-electron chi connectivity index (χ2n) is 8.57. The first-order chi connectivity index (χ1) is 17.6. The fourth-order valence-electron chi connectivity index (χ4n) is 4.44. The fourth-order valence-corrected chi connectivity index (χ4v) is 6.11. The van der Waals surface area contributed by atoms with Gasteiger partial charge in [0.2, 0.25) is 5.82 Å². The van der Waals surface area contributed by atoms with Crippen molar-refractivity contribution in [1.29, 1.82) is 0 Å². The molecule has 1 aliphatic heterocycles. The normalized spacial score (nSPS) is 15.3. The minimum absolute atomic E-state index is 0.0235. The number of hydrogen-bond acceptors (Lipinski definition) is 6. The van der Waals surface area contributed by atoms with Crippen LogP contribution in [-0.2, 0) is 17.8 Å². The molecule has 0 aliphatic carbocycles. The number of hydrogen-bond donors (Lipinski definition) is 2. The molecule has 1 aliphatic rings. The SMILES string of the molecule is CN1C(=O)[C@@H](NC(=O)c2n[nH]c(Cc3ccsc3)n2)Cn2cc(Sc3ccccc3)c3cccc1c32. The topological polar surface area (TPSA) is 95.9 Å². The maximum atomic E-state index is 13.4. The van der Waals surface area contributed by atoms with E-state index in [9.17, 15) is 9.59 Å². The fraction of sp³-hybridized carbons (Fsp3) is 0.154. The molecule has 0 spiro atoms. The zero-order valence-corrected chi connectivity index (χ0v) is 21.0. The lowest BCUT2D eigenvalue weighted by molar-refractivity contribution is -0.120. The van der Waals surface area contributed by atoms with Gasteiger partial charge in [0.05, 0.1) is 17.7 Å². The van der Waals surface area contributed by atoms with E-state index >= 15 is 0 Å². The molecule has 36 heavy (non-hydrogen) atoms. The van der Waals surface area contributed by atoms with Gasteiger partial charge in [-0.05, 0) is 40.6 Å². The lowest BCUT2D eigenvalue weighted by Gasteiger charge is -2.21. The van der Waals surface area contributed by atoms with Crippen molar-refractivity contribution >= 4 is 51.5 Å². The second-order valence-corrected chi connectivity index (χ2v) is 10.5. The van der Waals surface area contributed by atoms with Crippen LogP contribution in [0.5, 0.6) is 0 Å². The third-order valence-corrected chi connectivity index (χ3v) is 7.96. The van der Waals surface area contributed by atoms with Crippen LogP contribution in [-0.4, -0.2) is 44.7 Å². The van der Waals surface area contributed by atoms with Gasteiger partial charge in [-0.25, -0.2) is 4.98 Å². The average Bonchev–Trinajstić information content (AvgIpc) is 3.64. The smallest absolute Gasteiger partial charge is 0.291 e. The van der Waals surface area contributed by atoms with Crippen molar-refractivity contribution in [3.63, 3.8) is 0 Å². The monoisotopic (exact) mass is 514 g/mol. The summed E-state index contributed by atoms with van der Waals surface area (Å²) in [6, 6.07) is 17.4. The van der Waals surface area contributed by atoms with Gasteiger partial charge in [-0.3, -0.25) is 14.7 Å². The second kappa shape index (κ2) is 9.29. The van der Waals surface area contributed by atoms with Crippen LogP contribution in [0.2, 0.25) is 0 Å². The summed E-state index contributed by atoms with van der Waals surface area (Å²) >= 11 is 3.28. The summed E-state index contributed by atoms with van der Waals surface area (Å²) in [5.41, 5.74) is 2.88. The molecule has 10 heteroatoms. The van der Waals surface area contributed by atoms with Gasteiger partial charge in [0.15, 0.2) is 0 Å². The molecule has 0 saturated carbocycles. The lowest BCUT2D eigenvalue weighted by Crippen LogP contribution is -2.48. The van der Waals surface area contributed by atoms with Crippen molar-refractivity contribution in [3.05, 3.63) is 88.8 Å². The molecule has 180 valence electrons. The Labute approximate surface area is 215 Å². The molecule has 8 nitrogen and oxygen atoms in total. The summed E-state index contributed by atoms with van der Waals surface area (Å²) in [5.74, 6) is -0.0472. The molecule has 2 amide bonds. The zero-order chi connectivity index (χ0) is 24.6. The summed E-state index contributed by atoms with van der Waals surface area (Å²) in [6.45, 7) is 0.309. The van der Waals surface area contributed by atoms with Crippen LogP contribution in [0.25, 0.3) is 10.9 Å². The van der Waals surface area contributed by atoms with E-state index in [1.165, 1.54) is 0 Å². The lowest BCUT2D eigenvalue weighted by atomic mass is 10.2. The van der Waals surface area contributed by atoms with E-state index < -0.39 is 11.9 Å². The number of aromatic nitrogens is 4. The molecule has 4 heterocycles. The molecular formula is C26H22N6O2S2. The maximum Gasteiger partial charge on any atom is 0.291 e. The summed E-state index contributed by atoms with van der Waals surface area (Å²) in [5, 5.41) is 14.9. The number of likely N-dealkylation sites (N-methyl/N-ethyl adjacent to an activating group) is 1. The van der Waals surface area contributed by atoms with Crippen LogP contribution >= 0.6 is 23.1 Å². The minimum atomic E-state index is -0.765. The van der Waals surface area contributed by atoms with Crippen molar-refractivity contribution in [3.8, 4) is 0 Å². The van der Waals surface area contributed by atoms with Crippen LogP contribution in [0.1, 0.15) is 22.0 Å². The molecule has 0 fully saturated rings. The van der Waals surface area contributed by atoms with Crippen LogP contribution in [0, 0.1) is 0 Å². The van der Waals surface area contributed by atoms with Gasteiger partial charge in [0.1, 0.15) is 11.9 Å². The van der Waals surface area contributed by atoms with E-state index in [0.29, 0.717) is 18.8 Å². The number of H-pyrrole nitrogens is 1. The van der Waals surface area contributed by atoms with Crippen LogP contribution < -0.4 is 10.2 Å². The number of benzene rings is 2. The van der Waals surface area contributed by atoms with Crippen LogP contribution in [0.4, 0.5) is 5.69 Å². The molecule has 1 atom stereocenters.